The van der Waals surface area contributed by atoms with Crippen LogP contribution in [0.3, 0.4) is 0 Å². The molecule has 0 saturated carbocycles. The van der Waals surface area contributed by atoms with Gasteiger partial charge in [0.2, 0.25) is 0 Å². The maximum absolute atomic E-state index is 12.7. The van der Waals surface area contributed by atoms with Gasteiger partial charge in [0.25, 0.3) is 5.91 Å². The summed E-state index contributed by atoms with van der Waals surface area (Å²) >= 11 is 0. The van der Waals surface area contributed by atoms with Gasteiger partial charge in [0.05, 0.1) is 7.11 Å². The van der Waals surface area contributed by atoms with Crippen molar-refractivity contribution in [1.82, 2.24) is 15.2 Å². The lowest BCUT2D eigenvalue weighted by Gasteiger charge is -2.46. The zero-order chi connectivity index (χ0) is 23.1. The summed E-state index contributed by atoms with van der Waals surface area (Å²) in [7, 11) is 1.65. The molecule has 7 rings (SSSR count). The number of rotatable bonds is 7. The van der Waals surface area contributed by atoms with Crippen LogP contribution in [0.1, 0.15) is 35.3 Å². The Hall–Kier alpha value is -3.38. The van der Waals surface area contributed by atoms with Gasteiger partial charge in [-0.3, -0.25) is 14.7 Å². The minimum Gasteiger partial charge on any atom is -0.497 e. The predicted molar refractivity (Wildman–Crippen MR) is 130 cm³/mol. The number of aromatic nitrogens is 1. The van der Waals surface area contributed by atoms with Crippen molar-refractivity contribution in [2.45, 2.75) is 44.0 Å². The minimum absolute atomic E-state index is 0.194. The van der Waals surface area contributed by atoms with E-state index in [9.17, 15) is 4.79 Å². The van der Waals surface area contributed by atoms with Gasteiger partial charge in [0.1, 0.15) is 23.3 Å². The van der Waals surface area contributed by atoms with Gasteiger partial charge >= 0.3 is 0 Å². The number of methoxy groups -OCH3 is 1. The van der Waals surface area contributed by atoms with Crippen LogP contribution in [-0.2, 0) is 6.54 Å². The summed E-state index contributed by atoms with van der Waals surface area (Å²) in [6.45, 7) is 1.73. The molecule has 0 radical (unpaired) electrons. The standard InChI is InChI=1S/C28H29N3O3/c1-33-23-6-3-5-19(12-23)20-8-9-26(29-16-20)28(32)30-15-18-4-2-7-24(10-18)34-25-13-22-11-21-17-31(22)27(21)14-25/h2-10,12,16,21-22,25,27H,11,13-15,17H2,1H3,(H,30,32)/t21?,22-,25+,27-/m1/s1. The van der Waals surface area contributed by atoms with Crippen LogP contribution in [-0.4, -0.2) is 47.6 Å². The maximum Gasteiger partial charge on any atom is 0.270 e. The number of nitrogens with one attached hydrogen (secondary N) is 1. The number of pyridine rings is 1. The molecule has 0 aliphatic carbocycles. The highest BCUT2D eigenvalue weighted by Gasteiger charge is 2.55. The summed E-state index contributed by atoms with van der Waals surface area (Å²) in [5, 5.41) is 2.98. The molecule has 2 unspecified atom stereocenters. The van der Waals surface area contributed by atoms with E-state index >= 15 is 0 Å². The molecule has 0 spiro atoms. The largest absolute Gasteiger partial charge is 0.497 e. The number of hydrogen-bond donors (Lipinski definition) is 1. The fourth-order valence-corrected chi connectivity index (χ4v) is 5.82. The summed E-state index contributed by atoms with van der Waals surface area (Å²) in [5.74, 6) is 2.39. The first-order chi connectivity index (χ1) is 16.7. The fourth-order valence-electron chi connectivity index (χ4n) is 5.82. The zero-order valence-corrected chi connectivity index (χ0v) is 19.3. The van der Waals surface area contributed by atoms with Crippen LogP contribution in [0, 0.1) is 5.92 Å². The van der Waals surface area contributed by atoms with Crippen molar-refractivity contribution in [1.29, 1.82) is 0 Å². The molecule has 1 amide bonds. The van der Waals surface area contributed by atoms with Gasteiger partial charge in [-0.25, -0.2) is 0 Å². The summed E-state index contributed by atoms with van der Waals surface area (Å²) in [5.41, 5.74) is 3.34. The molecule has 6 nitrogen and oxygen atoms in total. The van der Waals surface area contributed by atoms with E-state index in [4.69, 9.17) is 9.47 Å². The van der Waals surface area contributed by atoms with Crippen molar-refractivity contribution >= 4 is 5.91 Å². The van der Waals surface area contributed by atoms with E-state index < -0.39 is 0 Å². The molecule has 34 heavy (non-hydrogen) atoms. The Morgan fingerprint density at radius 3 is 2.74 bits per heavy atom. The fraction of sp³-hybridized carbons (Fsp3) is 0.357. The number of carbonyl (C=O) groups is 1. The molecule has 2 aromatic carbocycles. The molecule has 1 aromatic heterocycles. The van der Waals surface area contributed by atoms with Crippen LogP contribution < -0.4 is 14.8 Å². The first-order valence-corrected chi connectivity index (χ1v) is 12.1. The van der Waals surface area contributed by atoms with E-state index in [1.54, 1.807) is 19.4 Å². The highest BCUT2D eigenvalue weighted by atomic mass is 16.5. The van der Waals surface area contributed by atoms with Crippen molar-refractivity contribution < 1.29 is 14.3 Å². The Balaban J connectivity index is 1.05. The average Bonchev–Trinajstić information content (AvgIpc) is 3.40. The summed E-state index contributed by atoms with van der Waals surface area (Å²) in [6.07, 6.45) is 5.64. The third-order valence-electron chi connectivity index (χ3n) is 7.55. The molecule has 174 valence electrons. The number of hydrogen-bond acceptors (Lipinski definition) is 5. The SMILES string of the molecule is COc1cccc(-c2ccc(C(=O)NCc3cccc(O[C@H]4C[C@H]5CC6CN5[C@@H]6C4)c3)nc2)c1. The first-order valence-electron chi connectivity index (χ1n) is 12.1. The second-order valence-corrected chi connectivity index (χ2v) is 9.62. The quantitative estimate of drug-likeness (QED) is 0.576. The van der Waals surface area contributed by atoms with Gasteiger partial charge in [-0.05, 0) is 60.2 Å². The lowest BCUT2D eigenvalue weighted by molar-refractivity contribution is -0.00908. The Morgan fingerprint density at radius 2 is 1.91 bits per heavy atom. The number of benzene rings is 2. The normalized spacial score (nSPS) is 26.4. The molecule has 5 atom stereocenters. The molecule has 3 aromatic rings. The van der Waals surface area contributed by atoms with E-state index in [0.29, 0.717) is 18.3 Å². The Bertz CT molecular complexity index is 1190. The lowest BCUT2D eigenvalue weighted by atomic mass is 9.88. The van der Waals surface area contributed by atoms with E-state index in [-0.39, 0.29) is 5.91 Å². The Labute approximate surface area is 199 Å². The molecule has 6 heteroatoms. The van der Waals surface area contributed by atoms with E-state index in [1.165, 1.54) is 13.0 Å². The molecule has 4 aliphatic heterocycles. The monoisotopic (exact) mass is 455 g/mol. The topological polar surface area (TPSA) is 63.7 Å². The maximum atomic E-state index is 12.7. The van der Waals surface area contributed by atoms with Gasteiger partial charge in [0, 0.05) is 43.4 Å². The Morgan fingerprint density at radius 1 is 1.03 bits per heavy atom. The molecule has 5 heterocycles. The van der Waals surface area contributed by atoms with Gasteiger partial charge in [0.15, 0.2) is 0 Å². The first kappa shape index (κ1) is 21.2. The van der Waals surface area contributed by atoms with Crippen LogP contribution in [0.25, 0.3) is 11.1 Å². The molecular weight excluding hydrogens is 426 g/mol. The number of nitrogens with zero attached hydrogens (tertiary/aromatic N) is 2. The van der Waals surface area contributed by atoms with E-state index in [0.717, 1.165) is 59.0 Å². The molecule has 4 saturated heterocycles. The van der Waals surface area contributed by atoms with Crippen LogP contribution >= 0.6 is 0 Å². The van der Waals surface area contributed by atoms with Gasteiger partial charge in [-0.1, -0.05) is 30.3 Å². The molecule has 4 fully saturated rings. The number of carbonyl (C=O) groups excluding carboxylic acids is 1. The third kappa shape index (κ3) is 4.03. The van der Waals surface area contributed by atoms with Gasteiger partial charge < -0.3 is 14.8 Å². The average molecular weight is 456 g/mol. The van der Waals surface area contributed by atoms with Crippen molar-refractivity contribution in [3.63, 3.8) is 0 Å². The third-order valence-corrected chi connectivity index (χ3v) is 7.55. The predicted octanol–water partition coefficient (Wildman–Crippen LogP) is 4.30. The lowest BCUT2D eigenvalue weighted by Crippen LogP contribution is -2.55. The van der Waals surface area contributed by atoms with Crippen molar-refractivity contribution in [2.75, 3.05) is 13.7 Å². The summed E-state index contributed by atoms with van der Waals surface area (Å²) < 4.78 is 11.6. The molecule has 1 N–H and O–H groups in total. The van der Waals surface area contributed by atoms with Gasteiger partial charge in [-0.2, -0.15) is 0 Å². The second-order valence-electron chi connectivity index (χ2n) is 9.62. The molecule has 4 bridgehead atoms. The molecule has 4 aliphatic rings. The van der Waals surface area contributed by atoms with Crippen molar-refractivity contribution in [3.8, 4) is 22.6 Å². The minimum atomic E-state index is -0.194. The number of piperidine rings is 1. The summed E-state index contributed by atoms with van der Waals surface area (Å²) in [6, 6.07) is 21.0. The van der Waals surface area contributed by atoms with Crippen LogP contribution in [0.4, 0.5) is 0 Å². The van der Waals surface area contributed by atoms with Crippen molar-refractivity contribution in [2.24, 2.45) is 5.92 Å². The van der Waals surface area contributed by atoms with Crippen LogP contribution in [0.5, 0.6) is 11.5 Å². The van der Waals surface area contributed by atoms with E-state index in [1.807, 2.05) is 54.6 Å². The van der Waals surface area contributed by atoms with E-state index in [2.05, 4.69) is 15.2 Å². The summed E-state index contributed by atoms with van der Waals surface area (Å²) in [4.78, 5) is 19.7. The van der Waals surface area contributed by atoms with Crippen LogP contribution in [0.2, 0.25) is 0 Å². The second kappa shape index (κ2) is 8.76. The highest BCUT2D eigenvalue weighted by Crippen LogP contribution is 2.48. The zero-order valence-electron chi connectivity index (χ0n) is 19.3. The highest BCUT2D eigenvalue weighted by molar-refractivity contribution is 5.92. The molecular formula is C28H29N3O3. The van der Waals surface area contributed by atoms with Crippen molar-refractivity contribution in [3.05, 3.63) is 78.1 Å². The number of amides is 1. The van der Waals surface area contributed by atoms with Gasteiger partial charge in [-0.15, -0.1) is 0 Å². The Kier molecular flexibility index (Phi) is 5.46. The smallest absolute Gasteiger partial charge is 0.270 e. The number of ether oxygens (including phenoxy) is 2. The van der Waals surface area contributed by atoms with Crippen LogP contribution in [0.15, 0.2) is 66.9 Å².